The highest BCUT2D eigenvalue weighted by atomic mass is 79.9. The van der Waals surface area contributed by atoms with E-state index in [2.05, 4.69) is 20.9 Å². The third-order valence-corrected chi connectivity index (χ3v) is 2.88. The molecular weight excluding hydrogens is 279 g/mol. The third-order valence-electron chi connectivity index (χ3n) is 2.27. The van der Waals surface area contributed by atoms with Gasteiger partial charge in [0.25, 0.3) is 0 Å². The van der Waals surface area contributed by atoms with E-state index in [9.17, 15) is 14.3 Å². The molecule has 0 aliphatic heterocycles. The lowest BCUT2D eigenvalue weighted by Gasteiger charge is -2.07. The number of aromatic nitrogens is 2. The summed E-state index contributed by atoms with van der Waals surface area (Å²) in [7, 11) is 0. The Morgan fingerprint density at radius 3 is 2.81 bits per heavy atom. The van der Waals surface area contributed by atoms with Crippen molar-refractivity contribution in [2.45, 2.75) is 13.5 Å². The Balaban J connectivity index is 2.97. The first-order valence-corrected chi connectivity index (χ1v) is 5.40. The van der Waals surface area contributed by atoms with Crippen LogP contribution in [0.1, 0.15) is 6.92 Å². The fraction of sp³-hybridized carbons (Fsp3) is 0.200. The van der Waals surface area contributed by atoms with E-state index in [4.69, 9.17) is 0 Å². The van der Waals surface area contributed by atoms with Crippen molar-refractivity contribution in [1.82, 2.24) is 9.55 Å². The molecule has 83 valence electrons. The molecule has 1 heterocycles. The molecule has 0 aliphatic rings. The molecule has 0 N–H and O–H groups in total. The van der Waals surface area contributed by atoms with Crippen molar-refractivity contribution in [2.75, 3.05) is 0 Å². The van der Waals surface area contributed by atoms with E-state index in [-0.39, 0.29) is 4.47 Å². The summed E-state index contributed by atoms with van der Waals surface area (Å²) >= 11 is 3.00. The molecule has 0 bridgehead atoms. The van der Waals surface area contributed by atoms with Crippen LogP contribution in [0.15, 0.2) is 21.4 Å². The summed E-state index contributed by atoms with van der Waals surface area (Å²) in [5.74, 6) is -1.32. The Bertz CT molecular complexity index is 624. The quantitative estimate of drug-likeness (QED) is 0.808. The molecule has 0 saturated carbocycles. The molecule has 6 heteroatoms. The lowest BCUT2D eigenvalue weighted by molar-refractivity contribution is 0.328. The van der Waals surface area contributed by atoms with Gasteiger partial charge in [-0.2, -0.15) is 0 Å². The Morgan fingerprint density at radius 1 is 1.50 bits per heavy atom. The second-order valence-electron chi connectivity index (χ2n) is 3.22. The smallest absolute Gasteiger partial charge is 0.302 e. The van der Waals surface area contributed by atoms with Crippen molar-refractivity contribution < 1.29 is 9.50 Å². The van der Waals surface area contributed by atoms with Gasteiger partial charge in [0, 0.05) is 12.6 Å². The summed E-state index contributed by atoms with van der Waals surface area (Å²) in [6, 6.07) is 2.58. The fourth-order valence-corrected chi connectivity index (χ4v) is 1.86. The number of benzene rings is 1. The molecule has 1 aromatic heterocycles. The van der Waals surface area contributed by atoms with Crippen molar-refractivity contribution in [3.63, 3.8) is 0 Å². The Labute approximate surface area is 98.5 Å². The molecule has 0 amide bonds. The lowest BCUT2D eigenvalue weighted by Crippen LogP contribution is -2.20. The van der Waals surface area contributed by atoms with Gasteiger partial charge in [0.2, 0.25) is 0 Å². The number of hydrogen-bond donors (Lipinski definition) is 0. The molecule has 0 unspecified atom stereocenters. The average molecular weight is 286 g/mol. The van der Waals surface area contributed by atoms with Gasteiger partial charge in [-0.15, -0.1) is 0 Å². The predicted octanol–water partition coefficient (Wildman–Crippen LogP) is 2.46. The summed E-state index contributed by atoms with van der Waals surface area (Å²) in [6.45, 7) is 2.01. The second kappa shape index (κ2) is 3.86. The minimum absolute atomic E-state index is 0.216. The molecule has 2 aromatic rings. The first-order chi connectivity index (χ1) is 7.54. The highest BCUT2D eigenvalue weighted by Crippen LogP contribution is 2.22. The van der Waals surface area contributed by atoms with Crippen LogP contribution in [-0.4, -0.2) is 9.55 Å². The van der Waals surface area contributed by atoms with Gasteiger partial charge in [-0.25, -0.2) is 9.37 Å². The van der Waals surface area contributed by atoms with Gasteiger partial charge in [0.05, 0.1) is 15.5 Å². The predicted molar refractivity (Wildman–Crippen MR) is 59.5 cm³/mol. The summed E-state index contributed by atoms with van der Waals surface area (Å²) in [5, 5.41) is 11.3. The van der Waals surface area contributed by atoms with Crippen LogP contribution < -0.4 is 5.56 Å². The van der Waals surface area contributed by atoms with Gasteiger partial charge >= 0.3 is 11.4 Å². The van der Waals surface area contributed by atoms with Crippen LogP contribution in [0.25, 0.3) is 11.0 Å². The molecule has 4 nitrogen and oxygen atoms in total. The van der Waals surface area contributed by atoms with Gasteiger partial charge in [-0.3, -0.25) is 9.90 Å². The summed E-state index contributed by atoms with van der Waals surface area (Å²) in [5.41, 5.74) is -0.0933. The van der Waals surface area contributed by atoms with E-state index in [1.165, 1.54) is 16.7 Å². The number of aryl methyl sites for hydroxylation is 1. The highest BCUT2D eigenvalue weighted by Gasteiger charge is 2.12. The van der Waals surface area contributed by atoms with Crippen LogP contribution in [0.3, 0.4) is 0 Å². The van der Waals surface area contributed by atoms with E-state index < -0.39 is 17.3 Å². The monoisotopic (exact) mass is 285 g/mol. The van der Waals surface area contributed by atoms with E-state index in [1.54, 1.807) is 6.92 Å². The number of hydrogen-bond acceptors (Lipinski definition) is 2. The fourth-order valence-electron chi connectivity index (χ4n) is 1.53. The minimum Gasteiger partial charge on any atom is -0.302 e. The van der Waals surface area contributed by atoms with Crippen LogP contribution in [0.4, 0.5) is 4.39 Å². The zero-order valence-electron chi connectivity index (χ0n) is 8.33. The van der Waals surface area contributed by atoms with Crippen LogP contribution in [-0.2, 0) is 11.7 Å². The highest BCUT2D eigenvalue weighted by molar-refractivity contribution is 9.10. The molecule has 0 atom stereocenters. The van der Waals surface area contributed by atoms with Gasteiger partial charge in [0.15, 0.2) is 0 Å². The van der Waals surface area contributed by atoms with Gasteiger partial charge in [0.1, 0.15) is 5.82 Å². The normalized spacial score (nSPS) is 10.9. The zero-order chi connectivity index (χ0) is 11.9. The third kappa shape index (κ3) is 1.59. The average Bonchev–Trinajstić information content (AvgIpc) is 2.24. The van der Waals surface area contributed by atoms with E-state index in [0.29, 0.717) is 17.6 Å². The van der Waals surface area contributed by atoms with E-state index >= 15 is 0 Å². The summed E-state index contributed by atoms with van der Waals surface area (Å²) in [4.78, 5) is 15.1. The maximum absolute atomic E-state index is 13.3. The molecule has 2 rings (SSSR count). The molecule has 0 fully saturated rings. The van der Waals surface area contributed by atoms with Crippen LogP contribution >= 0.6 is 15.9 Å². The molecule has 1 radical (unpaired) electrons. The lowest BCUT2D eigenvalue weighted by atomic mass is 10.3. The molecule has 0 spiro atoms. The standard InChI is InChI=1S/C10H7BrFN2O2/c1-2-14-8-4-6(12)5(11)3-7(8)13-9(15)10(14)16/h3-4H,2H2,1H3. The maximum Gasteiger partial charge on any atom is 0.336 e. The SMILES string of the molecule is CCn1c(=O)c([O])nc2cc(Br)c(F)cc21. The number of halogens is 2. The Hall–Kier alpha value is -1.43. The van der Waals surface area contributed by atoms with Gasteiger partial charge in [-0.05, 0) is 28.9 Å². The number of rotatable bonds is 1. The summed E-state index contributed by atoms with van der Waals surface area (Å²) < 4.78 is 14.8. The van der Waals surface area contributed by atoms with Crippen molar-refractivity contribution in [3.8, 4) is 5.88 Å². The minimum atomic E-state index is -0.826. The molecule has 0 saturated heterocycles. The van der Waals surface area contributed by atoms with Crippen LogP contribution in [0, 0.1) is 5.82 Å². The van der Waals surface area contributed by atoms with Gasteiger partial charge in [-0.1, -0.05) is 0 Å². The molecule has 16 heavy (non-hydrogen) atoms. The van der Waals surface area contributed by atoms with Gasteiger partial charge < -0.3 is 4.57 Å². The first kappa shape index (κ1) is 11.1. The Kier molecular flexibility index (Phi) is 2.67. The summed E-state index contributed by atoms with van der Waals surface area (Å²) in [6.07, 6.45) is 0. The second-order valence-corrected chi connectivity index (χ2v) is 4.08. The number of fused-ring (bicyclic) bond motifs is 1. The van der Waals surface area contributed by atoms with Crippen LogP contribution in [0.2, 0.25) is 0 Å². The van der Waals surface area contributed by atoms with E-state index in [1.807, 2.05) is 0 Å². The molecular formula is C10H7BrFN2O2. The molecule has 1 aromatic carbocycles. The van der Waals surface area contributed by atoms with Crippen molar-refractivity contribution >= 4 is 27.0 Å². The van der Waals surface area contributed by atoms with E-state index in [0.717, 1.165) is 0 Å². The molecule has 0 aliphatic carbocycles. The number of nitrogens with zero attached hydrogens (tertiary/aromatic N) is 2. The van der Waals surface area contributed by atoms with Crippen molar-refractivity contribution in [3.05, 3.63) is 32.8 Å². The van der Waals surface area contributed by atoms with Crippen molar-refractivity contribution in [1.29, 1.82) is 0 Å². The largest absolute Gasteiger partial charge is 0.336 e. The Morgan fingerprint density at radius 2 is 2.19 bits per heavy atom. The van der Waals surface area contributed by atoms with Crippen LogP contribution in [0.5, 0.6) is 5.88 Å². The van der Waals surface area contributed by atoms with Crippen molar-refractivity contribution in [2.24, 2.45) is 0 Å². The zero-order valence-corrected chi connectivity index (χ0v) is 9.91. The maximum atomic E-state index is 13.3. The topological polar surface area (TPSA) is 54.8 Å². The first-order valence-electron chi connectivity index (χ1n) is 4.61.